The Hall–Kier alpha value is -2.17. The number of nitrogens with one attached hydrogen (secondary N) is 1. The Balaban J connectivity index is 1.66. The molecular formula is C20H25NO4. The number of amides is 1. The highest BCUT2D eigenvalue weighted by atomic mass is 16.5. The van der Waals surface area contributed by atoms with E-state index in [9.17, 15) is 14.4 Å². The number of rotatable bonds is 5. The fourth-order valence-corrected chi connectivity index (χ4v) is 4.17. The lowest BCUT2D eigenvalue weighted by Gasteiger charge is -2.37. The second kappa shape index (κ2) is 7.81. The van der Waals surface area contributed by atoms with Gasteiger partial charge in [0, 0.05) is 24.2 Å². The fourth-order valence-electron chi connectivity index (χ4n) is 4.17. The molecule has 5 nitrogen and oxygen atoms in total. The summed E-state index contributed by atoms with van der Waals surface area (Å²) >= 11 is 0. The van der Waals surface area contributed by atoms with Crippen molar-refractivity contribution >= 4 is 17.7 Å². The van der Waals surface area contributed by atoms with E-state index < -0.39 is 12.0 Å². The van der Waals surface area contributed by atoms with E-state index in [2.05, 4.69) is 5.32 Å². The number of hydrogen-bond acceptors (Lipinski definition) is 4. The van der Waals surface area contributed by atoms with Crippen molar-refractivity contribution in [3.63, 3.8) is 0 Å². The van der Waals surface area contributed by atoms with Gasteiger partial charge >= 0.3 is 5.97 Å². The number of Topliss-reactive ketones (excluding diaryl/α,β-unsaturated/α-hetero) is 1. The third-order valence-electron chi connectivity index (χ3n) is 5.50. The van der Waals surface area contributed by atoms with Crippen LogP contribution in [0.4, 0.5) is 0 Å². The molecule has 5 heteroatoms. The first-order valence-corrected chi connectivity index (χ1v) is 9.04. The minimum atomic E-state index is -0.697. The molecular weight excluding hydrogens is 318 g/mol. The lowest BCUT2D eigenvalue weighted by atomic mass is 9.67. The van der Waals surface area contributed by atoms with E-state index in [1.54, 1.807) is 0 Å². The number of carbonyl (C=O) groups excluding carboxylic acids is 3. The molecule has 2 unspecified atom stereocenters. The molecule has 0 aliphatic heterocycles. The van der Waals surface area contributed by atoms with Crippen LogP contribution >= 0.6 is 0 Å². The van der Waals surface area contributed by atoms with Gasteiger partial charge in [0.2, 0.25) is 5.91 Å². The van der Waals surface area contributed by atoms with Crippen LogP contribution in [0.1, 0.15) is 37.7 Å². The summed E-state index contributed by atoms with van der Waals surface area (Å²) in [4.78, 5) is 37.0. The van der Waals surface area contributed by atoms with Gasteiger partial charge in [0.25, 0.3) is 0 Å². The molecule has 2 aliphatic carbocycles. The zero-order chi connectivity index (χ0) is 17.8. The monoisotopic (exact) mass is 343 g/mol. The molecule has 25 heavy (non-hydrogen) atoms. The van der Waals surface area contributed by atoms with E-state index in [1.807, 2.05) is 30.3 Å². The molecule has 2 saturated carbocycles. The fraction of sp³-hybridized carbons (Fsp3) is 0.550. The number of methoxy groups -OCH3 is 1. The quantitative estimate of drug-likeness (QED) is 0.833. The number of hydrogen-bond donors (Lipinski definition) is 1. The first kappa shape index (κ1) is 17.6. The Morgan fingerprint density at radius 3 is 2.40 bits per heavy atom. The number of benzene rings is 1. The molecule has 3 rings (SSSR count). The van der Waals surface area contributed by atoms with Crippen molar-refractivity contribution in [1.29, 1.82) is 0 Å². The van der Waals surface area contributed by atoms with E-state index >= 15 is 0 Å². The number of esters is 1. The predicted octanol–water partition coefficient (Wildman–Crippen LogP) is 2.28. The van der Waals surface area contributed by atoms with Crippen molar-refractivity contribution in [2.45, 2.75) is 44.6 Å². The first-order valence-electron chi connectivity index (χ1n) is 9.04. The Bertz CT molecular complexity index is 626. The second-order valence-corrected chi connectivity index (χ2v) is 7.17. The normalized spacial score (nSPS) is 26.6. The first-order chi connectivity index (χ1) is 12.1. The summed E-state index contributed by atoms with van der Waals surface area (Å²) < 4.78 is 4.86. The van der Waals surface area contributed by atoms with Gasteiger partial charge in [-0.25, -0.2) is 4.79 Å². The van der Waals surface area contributed by atoms with Crippen LogP contribution < -0.4 is 5.32 Å². The molecule has 1 amide bonds. The number of fused-ring (bicyclic) bond motifs is 2. The second-order valence-electron chi connectivity index (χ2n) is 7.17. The van der Waals surface area contributed by atoms with E-state index in [0.717, 1.165) is 24.8 Å². The van der Waals surface area contributed by atoms with Crippen molar-refractivity contribution in [2.75, 3.05) is 7.11 Å². The number of ketones is 1. The summed E-state index contributed by atoms with van der Waals surface area (Å²) in [6.45, 7) is 0. The van der Waals surface area contributed by atoms with Crippen molar-refractivity contribution in [1.82, 2.24) is 5.32 Å². The third kappa shape index (κ3) is 4.09. The molecule has 134 valence electrons. The zero-order valence-electron chi connectivity index (χ0n) is 14.6. The topological polar surface area (TPSA) is 72.5 Å². The average Bonchev–Trinajstić information content (AvgIpc) is 2.61. The molecule has 1 aromatic carbocycles. The van der Waals surface area contributed by atoms with E-state index in [-0.39, 0.29) is 23.7 Å². The highest BCUT2D eigenvalue weighted by molar-refractivity contribution is 5.90. The van der Waals surface area contributed by atoms with Crippen LogP contribution in [0.15, 0.2) is 30.3 Å². The summed E-state index contributed by atoms with van der Waals surface area (Å²) in [5, 5.41) is 2.87. The lowest BCUT2D eigenvalue weighted by molar-refractivity contribution is -0.147. The summed E-state index contributed by atoms with van der Waals surface area (Å²) in [6, 6.07) is 8.86. The van der Waals surface area contributed by atoms with Crippen LogP contribution in [0.2, 0.25) is 0 Å². The molecule has 3 atom stereocenters. The van der Waals surface area contributed by atoms with Crippen molar-refractivity contribution in [3.8, 4) is 0 Å². The average molecular weight is 343 g/mol. The van der Waals surface area contributed by atoms with Crippen molar-refractivity contribution in [3.05, 3.63) is 35.9 Å². The van der Waals surface area contributed by atoms with Gasteiger partial charge in [0.15, 0.2) is 0 Å². The van der Waals surface area contributed by atoms with Crippen LogP contribution in [-0.4, -0.2) is 30.8 Å². The van der Waals surface area contributed by atoms with Gasteiger partial charge in [-0.3, -0.25) is 9.59 Å². The molecule has 2 bridgehead atoms. The molecule has 0 saturated heterocycles. The van der Waals surface area contributed by atoms with Crippen LogP contribution in [-0.2, 0) is 25.5 Å². The molecule has 0 radical (unpaired) electrons. The molecule has 1 N–H and O–H groups in total. The lowest BCUT2D eigenvalue weighted by Crippen LogP contribution is -2.48. The number of ether oxygens (including phenoxy) is 1. The summed E-state index contributed by atoms with van der Waals surface area (Å²) in [5.74, 6) is -0.372. The molecule has 0 spiro atoms. The SMILES string of the molecule is COC(=O)[C@@H](Cc1ccccc1)NC(=O)C1CC2CCCC(C1)C2=O. The third-order valence-corrected chi connectivity index (χ3v) is 5.50. The number of carbonyl (C=O) groups is 3. The standard InChI is InChI=1S/C20H25NO4/c1-25-20(24)17(10-13-6-3-2-4-7-13)21-19(23)16-11-14-8-5-9-15(12-16)18(14)22/h2-4,6-7,14-17H,5,8-12H2,1H3,(H,21,23)/t14?,15?,16?,17-/m1/s1. The molecule has 2 aliphatic rings. The van der Waals surface area contributed by atoms with Crippen molar-refractivity contribution < 1.29 is 19.1 Å². The maximum atomic E-state index is 12.7. The maximum absolute atomic E-state index is 12.7. The summed E-state index contributed by atoms with van der Waals surface area (Å²) in [5.41, 5.74) is 0.967. The minimum Gasteiger partial charge on any atom is -0.467 e. The van der Waals surface area contributed by atoms with E-state index in [0.29, 0.717) is 25.0 Å². The van der Waals surface area contributed by atoms with Crippen LogP contribution in [0.25, 0.3) is 0 Å². The van der Waals surface area contributed by atoms with Gasteiger partial charge in [0.1, 0.15) is 11.8 Å². The maximum Gasteiger partial charge on any atom is 0.328 e. The van der Waals surface area contributed by atoms with Crippen LogP contribution in [0.5, 0.6) is 0 Å². The Kier molecular flexibility index (Phi) is 5.51. The van der Waals surface area contributed by atoms with Gasteiger partial charge in [-0.15, -0.1) is 0 Å². The summed E-state index contributed by atoms with van der Waals surface area (Å²) in [7, 11) is 1.33. The van der Waals surface area contributed by atoms with Crippen LogP contribution in [0.3, 0.4) is 0 Å². The van der Waals surface area contributed by atoms with Crippen LogP contribution in [0, 0.1) is 17.8 Å². The predicted molar refractivity (Wildman–Crippen MR) is 92.7 cm³/mol. The molecule has 2 fully saturated rings. The molecule has 0 heterocycles. The van der Waals surface area contributed by atoms with Crippen molar-refractivity contribution in [2.24, 2.45) is 17.8 Å². The van der Waals surface area contributed by atoms with Gasteiger partial charge in [-0.2, -0.15) is 0 Å². The van der Waals surface area contributed by atoms with E-state index in [1.165, 1.54) is 7.11 Å². The minimum absolute atomic E-state index is 0.0222. The van der Waals surface area contributed by atoms with Gasteiger partial charge in [-0.05, 0) is 31.2 Å². The van der Waals surface area contributed by atoms with E-state index in [4.69, 9.17) is 4.74 Å². The smallest absolute Gasteiger partial charge is 0.328 e. The Morgan fingerprint density at radius 1 is 1.16 bits per heavy atom. The van der Waals surface area contributed by atoms with Gasteiger partial charge in [-0.1, -0.05) is 36.8 Å². The van der Waals surface area contributed by atoms with Gasteiger partial charge in [0.05, 0.1) is 7.11 Å². The highest BCUT2D eigenvalue weighted by Gasteiger charge is 2.41. The summed E-state index contributed by atoms with van der Waals surface area (Å²) in [6.07, 6.45) is 4.49. The zero-order valence-corrected chi connectivity index (χ0v) is 14.6. The largest absolute Gasteiger partial charge is 0.467 e. The van der Waals surface area contributed by atoms with Gasteiger partial charge < -0.3 is 10.1 Å². The molecule has 1 aromatic rings. The highest BCUT2D eigenvalue weighted by Crippen LogP contribution is 2.40. The Labute approximate surface area is 148 Å². The molecule has 0 aromatic heterocycles. The Morgan fingerprint density at radius 2 is 1.80 bits per heavy atom.